The second-order valence-electron chi connectivity index (χ2n) is 5.48. The van der Waals surface area contributed by atoms with Crippen LogP contribution in [-0.2, 0) is 6.54 Å². The van der Waals surface area contributed by atoms with E-state index in [-0.39, 0.29) is 5.82 Å². The van der Waals surface area contributed by atoms with Crippen LogP contribution in [-0.4, -0.2) is 9.97 Å². The van der Waals surface area contributed by atoms with Gasteiger partial charge < -0.3 is 10.6 Å². The van der Waals surface area contributed by atoms with E-state index in [1.165, 1.54) is 12.1 Å². The van der Waals surface area contributed by atoms with Crippen molar-refractivity contribution >= 4 is 40.7 Å². The molecular formula is C18H15Cl2FN4. The fourth-order valence-electron chi connectivity index (χ4n) is 2.27. The van der Waals surface area contributed by atoms with E-state index < -0.39 is 0 Å². The smallest absolute Gasteiger partial charge is 0.225 e. The lowest BCUT2D eigenvalue weighted by Gasteiger charge is -2.10. The third-order valence-corrected chi connectivity index (χ3v) is 3.79. The molecule has 0 atom stereocenters. The number of aryl methyl sites for hydroxylation is 1. The monoisotopic (exact) mass is 376 g/mol. The number of hydrogen-bond donors (Lipinski definition) is 2. The molecule has 4 nitrogen and oxygen atoms in total. The number of aromatic nitrogens is 2. The molecule has 0 saturated carbocycles. The summed E-state index contributed by atoms with van der Waals surface area (Å²) in [4.78, 5) is 8.78. The molecule has 2 N–H and O–H groups in total. The number of halogens is 3. The van der Waals surface area contributed by atoms with Crippen molar-refractivity contribution in [3.8, 4) is 0 Å². The number of anilines is 3. The lowest BCUT2D eigenvalue weighted by Crippen LogP contribution is -2.06. The second kappa shape index (κ2) is 7.68. The first-order chi connectivity index (χ1) is 12.0. The minimum absolute atomic E-state index is 0.262. The molecule has 0 aliphatic carbocycles. The van der Waals surface area contributed by atoms with Gasteiger partial charge in [-0.05, 0) is 42.8 Å². The van der Waals surface area contributed by atoms with Crippen molar-refractivity contribution in [2.24, 2.45) is 0 Å². The molecule has 0 unspecified atom stereocenters. The Hall–Kier alpha value is -2.37. The number of nitrogens with one attached hydrogen (secondary N) is 2. The Morgan fingerprint density at radius 3 is 2.32 bits per heavy atom. The fourth-order valence-corrected chi connectivity index (χ4v) is 2.79. The molecule has 0 aliphatic rings. The summed E-state index contributed by atoms with van der Waals surface area (Å²) in [5.74, 6) is 0.828. The average Bonchev–Trinajstić information content (AvgIpc) is 2.53. The molecule has 3 aromatic rings. The van der Waals surface area contributed by atoms with E-state index in [1.807, 2.05) is 13.0 Å². The minimum atomic E-state index is -0.262. The molecule has 2 aromatic carbocycles. The van der Waals surface area contributed by atoms with Gasteiger partial charge in [0.2, 0.25) is 5.95 Å². The molecule has 0 saturated heterocycles. The number of benzene rings is 2. The van der Waals surface area contributed by atoms with Crippen LogP contribution in [0, 0.1) is 12.7 Å². The Kier molecular flexibility index (Phi) is 5.36. The van der Waals surface area contributed by atoms with Gasteiger partial charge >= 0.3 is 0 Å². The summed E-state index contributed by atoms with van der Waals surface area (Å²) in [5.41, 5.74) is 2.47. The summed E-state index contributed by atoms with van der Waals surface area (Å²) in [6.45, 7) is 2.37. The van der Waals surface area contributed by atoms with Gasteiger partial charge in [0, 0.05) is 34.0 Å². The Morgan fingerprint density at radius 1 is 0.960 bits per heavy atom. The number of hydrogen-bond acceptors (Lipinski definition) is 4. The Bertz CT molecular complexity index is 864. The van der Waals surface area contributed by atoms with Crippen LogP contribution in [0.25, 0.3) is 0 Å². The molecule has 3 rings (SSSR count). The van der Waals surface area contributed by atoms with Crippen molar-refractivity contribution in [1.29, 1.82) is 0 Å². The summed E-state index contributed by atoms with van der Waals surface area (Å²) in [6.07, 6.45) is 0. The van der Waals surface area contributed by atoms with E-state index in [4.69, 9.17) is 23.2 Å². The highest BCUT2D eigenvalue weighted by molar-refractivity contribution is 6.35. The summed E-state index contributed by atoms with van der Waals surface area (Å²) in [7, 11) is 0. The lowest BCUT2D eigenvalue weighted by atomic mass is 10.2. The normalized spacial score (nSPS) is 10.6. The van der Waals surface area contributed by atoms with Crippen LogP contribution < -0.4 is 10.6 Å². The van der Waals surface area contributed by atoms with Crippen LogP contribution >= 0.6 is 23.2 Å². The molecular weight excluding hydrogens is 362 g/mol. The van der Waals surface area contributed by atoms with Crippen LogP contribution in [0.5, 0.6) is 0 Å². The van der Waals surface area contributed by atoms with Gasteiger partial charge in [0.1, 0.15) is 11.6 Å². The molecule has 0 aliphatic heterocycles. The zero-order valence-corrected chi connectivity index (χ0v) is 14.9. The van der Waals surface area contributed by atoms with Gasteiger partial charge in [-0.3, -0.25) is 0 Å². The van der Waals surface area contributed by atoms with Gasteiger partial charge in [-0.25, -0.2) is 9.37 Å². The quantitative estimate of drug-likeness (QED) is 0.609. The summed E-state index contributed by atoms with van der Waals surface area (Å²) in [5, 5.41) is 7.37. The third-order valence-electron chi connectivity index (χ3n) is 3.35. The second-order valence-corrected chi connectivity index (χ2v) is 6.35. The highest BCUT2D eigenvalue weighted by Gasteiger charge is 2.05. The topological polar surface area (TPSA) is 49.8 Å². The zero-order valence-electron chi connectivity index (χ0n) is 13.4. The first kappa shape index (κ1) is 17.5. The largest absolute Gasteiger partial charge is 0.350 e. The van der Waals surface area contributed by atoms with E-state index >= 15 is 0 Å². The van der Waals surface area contributed by atoms with Gasteiger partial charge in [0.15, 0.2) is 0 Å². The Labute approximate surface area is 155 Å². The molecule has 1 aromatic heterocycles. The van der Waals surface area contributed by atoms with Gasteiger partial charge in [-0.2, -0.15) is 4.98 Å². The van der Waals surface area contributed by atoms with E-state index in [2.05, 4.69) is 20.6 Å². The summed E-state index contributed by atoms with van der Waals surface area (Å²) >= 11 is 12.0. The summed E-state index contributed by atoms with van der Waals surface area (Å²) < 4.78 is 12.9. The minimum Gasteiger partial charge on any atom is -0.350 e. The van der Waals surface area contributed by atoms with Crippen LogP contribution in [0.4, 0.5) is 21.8 Å². The molecule has 0 amide bonds. The van der Waals surface area contributed by atoms with Crippen molar-refractivity contribution < 1.29 is 4.39 Å². The SMILES string of the molecule is Cc1cc(Nc2cc(Cl)cc(Cl)c2)nc(NCc2ccc(F)cc2)n1. The third kappa shape index (κ3) is 5.05. The number of nitrogens with zero attached hydrogens (tertiary/aromatic N) is 2. The maximum Gasteiger partial charge on any atom is 0.225 e. The maximum absolute atomic E-state index is 12.9. The first-order valence-electron chi connectivity index (χ1n) is 7.55. The van der Waals surface area contributed by atoms with Crippen molar-refractivity contribution in [3.05, 3.63) is 75.7 Å². The van der Waals surface area contributed by atoms with E-state index in [0.29, 0.717) is 28.4 Å². The lowest BCUT2D eigenvalue weighted by molar-refractivity contribution is 0.627. The molecule has 7 heteroatoms. The van der Waals surface area contributed by atoms with Gasteiger partial charge in [-0.1, -0.05) is 35.3 Å². The van der Waals surface area contributed by atoms with Crippen LogP contribution in [0.1, 0.15) is 11.3 Å². The first-order valence-corrected chi connectivity index (χ1v) is 8.31. The van der Waals surface area contributed by atoms with Crippen molar-refractivity contribution in [2.75, 3.05) is 10.6 Å². The van der Waals surface area contributed by atoms with Crippen LogP contribution in [0.15, 0.2) is 48.5 Å². The zero-order chi connectivity index (χ0) is 17.8. The standard InChI is InChI=1S/C18H15Cl2FN4/c1-11-6-17(24-16-8-13(19)7-14(20)9-16)25-18(23-11)22-10-12-2-4-15(21)5-3-12/h2-9H,10H2,1H3,(H2,22,23,24,25). The van der Waals surface area contributed by atoms with Crippen molar-refractivity contribution in [2.45, 2.75) is 13.5 Å². The van der Waals surface area contributed by atoms with Gasteiger partial charge in [-0.15, -0.1) is 0 Å². The highest BCUT2D eigenvalue weighted by atomic mass is 35.5. The van der Waals surface area contributed by atoms with Crippen LogP contribution in [0.3, 0.4) is 0 Å². The molecule has 25 heavy (non-hydrogen) atoms. The fraction of sp³-hybridized carbons (Fsp3) is 0.111. The van der Waals surface area contributed by atoms with Crippen molar-refractivity contribution in [3.63, 3.8) is 0 Å². The Morgan fingerprint density at radius 2 is 1.64 bits per heavy atom. The van der Waals surface area contributed by atoms with E-state index in [0.717, 1.165) is 16.9 Å². The van der Waals surface area contributed by atoms with E-state index in [9.17, 15) is 4.39 Å². The van der Waals surface area contributed by atoms with E-state index in [1.54, 1.807) is 30.3 Å². The van der Waals surface area contributed by atoms with Crippen LogP contribution in [0.2, 0.25) is 10.0 Å². The average molecular weight is 377 g/mol. The number of rotatable bonds is 5. The summed E-state index contributed by atoms with van der Waals surface area (Å²) in [6, 6.07) is 13.3. The van der Waals surface area contributed by atoms with Crippen molar-refractivity contribution in [1.82, 2.24) is 9.97 Å². The van der Waals surface area contributed by atoms with Gasteiger partial charge in [0.25, 0.3) is 0 Å². The van der Waals surface area contributed by atoms with Gasteiger partial charge in [0.05, 0.1) is 0 Å². The molecule has 128 valence electrons. The molecule has 0 bridgehead atoms. The Balaban J connectivity index is 1.74. The molecule has 0 fully saturated rings. The predicted molar refractivity (Wildman–Crippen MR) is 100 cm³/mol. The highest BCUT2D eigenvalue weighted by Crippen LogP contribution is 2.25. The predicted octanol–water partition coefficient (Wildman–Crippen LogP) is 5.59. The molecule has 0 spiro atoms. The molecule has 1 heterocycles. The molecule has 0 radical (unpaired) electrons. The maximum atomic E-state index is 12.9.